The summed E-state index contributed by atoms with van der Waals surface area (Å²) in [4.78, 5) is 11.7. The van der Waals surface area contributed by atoms with Crippen LogP contribution in [0.3, 0.4) is 0 Å². The lowest BCUT2D eigenvalue weighted by Gasteiger charge is -2.41. The summed E-state index contributed by atoms with van der Waals surface area (Å²) in [5.74, 6) is 1.08. The van der Waals surface area contributed by atoms with Gasteiger partial charge in [-0.1, -0.05) is 22.0 Å². The van der Waals surface area contributed by atoms with Crippen molar-refractivity contribution >= 4 is 27.5 Å². The van der Waals surface area contributed by atoms with Crippen molar-refractivity contribution in [2.45, 2.75) is 19.0 Å². The van der Waals surface area contributed by atoms with Gasteiger partial charge in [-0.15, -0.1) is 0 Å². The number of anilines is 1. The number of hydrogen-bond acceptors (Lipinski definition) is 4. The Morgan fingerprint density at radius 2 is 2.14 bits per heavy atom. The molecular weight excluding hydrogens is 340 g/mol. The molecule has 0 amide bonds. The number of rotatable bonds is 1. The quantitative estimate of drug-likeness (QED) is 0.848. The second kappa shape index (κ2) is 5.09. The second-order valence-corrected chi connectivity index (χ2v) is 6.82. The zero-order valence-electron chi connectivity index (χ0n) is 12.4. The van der Waals surface area contributed by atoms with Crippen molar-refractivity contribution in [1.29, 1.82) is 0 Å². The Hall–Kier alpha value is -1.88. The van der Waals surface area contributed by atoms with Gasteiger partial charge in [-0.25, -0.2) is 4.99 Å². The molecule has 1 unspecified atom stereocenters. The fraction of sp³-hybridized carbons (Fsp3) is 0.294. The predicted octanol–water partition coefficient (Wildman–Crippen LogP) is 3.59. The number of halogens is 1. The summed E-state index contributed by atoms with van der Waals surface area (Å²) in [5.41, 5.74) is 2.86. The maximum absolute atomic E-state index is 5.06. The zero-order chi connectivity index (χ0) is 15.2. The number of amidine groups is 1. The molecule has 0 radical (unpaired) electrons. The van der Waals surface area contributed by atoms with E-state index in [1.165, 1.54) is 6.42 Å². The Morgan fingerprint density at radius 1 is 1.27 bits per heavy atom. The molecule has 2 aromatic rings. The summed E-state index contributed by atoms with van der Waals surface area (Å²) in [7, 11) is 0. The molecule has 0 bridgehead atoms. The minimum Gasteiger partial charge on any atom is -0.357 e. The number of fused-ring (bicyclic) bond motifs is 1. The summed E-state index contributed by atoms with van der Waals surface area (Å²) in [5, 5.41) is 3.57. The topological polar surface area (TPSA) is 40.5 Å². The average Bonchev–Trinajstić information content (AvgIpc) is 2.47. The number of nitrogens with zero attached hydrogens (tertiary/aromatic N) is 3. The van der Waals surface area contributed by atoms with Gasteiger partial charge in [0, 0.05) is 46.8 Å². The van der Waals surface area contributed by atoms with Crippen molar-refractivity contribution in [1.82, 2.24) is 9.88 Å². The zero-order valence-corrected chi connectivity index (χ0v) is 14.0. The molecule has 4 rings (SSSR count). The van der Waals surface area contributed by atoms with Crippen LogP contribution in [0.5, 0.6) is 0 Å². The van der Waals surface area contributed by atoms with Crippen molar-refractivity contribution in [2.75, 3.05) is 18.4 Å². The third-order valence-corrected chi connectivity index (χ3v) is 4.80. The van der Waals surface area contributed by atoms with Crippen molar-refractivity contribution < 1.29 is 0 Å². The molecule has 22 heavy (non-hydrogen) atoms. The highest BCUT2D eigenvalue weighted by atomic mass is 79.9. The summed E-state index contributed by atoms with van der Waals surface area (Å²) < 4.78 is 1.08. The minimum atomic E-state index is -0.486. The van der Waals surface area contributed by atoms with Gasteiger partial charge in [0.2, 0.25) is 0 Å². The molecule has 0 saturated carbocycles. The van der Waals surface area contributed by atoms with E-state index < -0.39 is 5.66 Å². The van der Waals surface area contributed by atoms with E-state index in [2.05, 4.69) is 62.3 Å². The Kier molecular flexibility index (Phi) is 3.18. The number of nitrogens with one attached hydrogen (secondary N) is 1. The number of pyridine rings is 1. The van der Waals surface area contributed by atoms with Gasteiger partial charge < -0.3 is 10.2 Å². The number of likely N-dealkylation sites (tertiary alicyclic amines) is 1. The molecule has 1 aromatic carbocycles. The monoisotopic (exact) mass is 356 g/mol. The van der Waals surface area contributed by atoms with Gasteiger partial charge in [0.15, 0.2) is 5.66 Å². The molecule has 1 N–H and O–H groups in total. The molecule has 0 aliphatic carbocycles. The van der Waals surface area contributed by atoms with E-state index in [4.69, 9.17) is 4.99 Å². The van der Waals surface area contributed by atoms with Crippen LogP contribution >= 0.6 is 15.9 Å². The summed E-state index contributed by atoms with van der Waals surface area (Å²) in [6, 6.07) is 10.3. The van der Waals surface area contributed by atoms with Crippen LogP contribution in [0.1, 0.15) is 24.5 Å². The van der Waals surface area contributed by atoms with Crippen molar-refractivity contribution in [3.8, 4) is 0 Å². The molecule has 0 spiro atoms. The maximum Gasteiger partial charge on any atom is 0.156 e. The molecule has 112 valence electrons. The van der Waals surface area contributed by atoms with Gasteiger partial charge >= 0.3 is 0 Å². The molecule has 1 aromatic heterocycles. The highest BCUT2D eigenvalue weighted by Gasteiger charge is 2.35. The first-order valence-electron chi connectivity index (χ1n) is 7.49. The molecule has 1 atom stereocenters. The SMILES string of the molecule is CC1(c2cccnc2)N=C(N2CCC2)c2cc(Br)ccc2N1. The minimum absolute atomic E-state index is 0.486. The molecule has 2 aliphatic heterocycles. The summed E-state index contributed by atoms with van der Waals surface area (Å²) >= 11 is 3.57. The summed E-state index contributed by atoms with van der Waals surface area (Å²) in [6.45, 7) is 4.26. The summed E-state index contributed by atoms with van der Waals surface area (Å²) in [6.07, 6.45) is 4.91. The van der Waals surface area contributed by atoms with Crippen molar-refractivity contribution in [2.24, 2.45) is 4.99 Å². The first kappa shape index (κ1) is 13.8. The number of aromatic nitrogens is 1. The highest BCUT2D eigenvalue weighted by Crippen LogP contribution is 2.37. The lowest BCUT2D eigenvalue weighted by atomic mass is 9.98. The second-order valence-electron chi connectivity index (χ2n) is 5.90. The smallest absolute Gasteiger partial charge is 0.156 e. The molecule has 1 fully saturated rings. The van der Waals surface area contributed by atoms with Crippen LogP contribution in [0.15, 0.2) is 52.2 Å². The standard InChI is InChI=1S/C17H17BrN4/c1-17(12-4-2-7-19-11-12)20-15-6-5-13(18)10-14(15)16(21-17)22-8-3-9-22/h2,4-7,10-11,20H,3,8-9H2,1H3. The van der Waals surface area contributed by atoms with Crippen LogP contribution in [0.25, 0.3) is 0 Å². The van der Waals surface area contributed by atoms with E-state index in [-0.39, 0.29) is 0 Å². The van der Waals surface area contributed by atoms with E-state index in [9.17, 15) is 0 Å². The molecule has 4 nitrogen and oxygen atoms in total. The van der Waals surface area contributed by atoms with Crippen LogP contribution in [0.4, 0.5) is 5.69 Å². The first-order chi connectivity index (χ1) is 10.7. The van der Waals surface area contributed by atoms with Gasteiger partial charge in [0.05, 0.1) is 0 Å². The molecule has 2 aliphatic rings. The third kappa shape index (κ3) is 2.20. The van der Waals surface area contributed by atoms with Crippen LogP contribution < -0.4 is 5.32 Å². The number of benzene rings is 1. The fourth-order valence-corrected chi connectivity index (χ4v) is 3.29. The Balaban J connectivity index is 1.86. The van der Waals surface area contributed by atoms with Crippen LogP contribution in [-0.4, -0.2) is 28.8 Å². The van der Waals surface area contributed by atoms with Gasteiger partial charge in [-0.05, 0) is 37.6 Å². The predicted molar refractivity (Wildman–Crippen MR) is 92.1 cm³/mol. The van der Waals surface area contributed by atoms with Gasteiger partial charge in [0.25, 0.3) is 0 Å². The molecule has 1 saturated heterocycles. The van der Waals surface area contributed by atoms with Crippen molar-refractivity contribution in [3.05, 3.63) is 58.3 Å². The van der Waals surface area contributed by atoms with E-state index in [0.717, 1.165) is 40.2 Å². The van der Waals surface area contributed by atoms with E-state index >= 15 is 0 Å². The van der Waals surface area contributed by atoms with Crippen LogP contribution in [0.2, 0.25) is 0 Å². The van der Waals surface area contributed by atoms with Crippen LogP contribution in [0, 0.1) is 0 Å². The first-order valence-corrected chi connectivity index (χ1v) is 8.28. The molecule has 5 heteroatoms. The van der Waals surface area contributed by atoms with E-state index in [1.54, 1.807) is 6.20 Å². The number of aliphatic imine (C=N–C) groups is 1. The van der Waals surface area contributed by atoms with Gasteiger partial charge in [-0.2, -0.15) is 0 Å². The van der Waals surface area contributed by atoms with E-state index in [1.807, 2.05) is 12.3 Å². The largest absolute Gasteiger partial charge is 0.357 e. The third-order valence-electron chi connectivity index (χ3n) is 4.31. The average molecular weight is 357 g/mol. The fourth-order valence-electron chi connectivity index (χ4n) is 2.93. The number of hydrogen-bond donors (Lipinski definition) is 1. The molecular formula is C17H17BrN4. The highest BCUT2D eigenvalue weighted by molar-refractivity contribution is 9.10. The van der Waals surface area contributed by atoms with E-state index in [0.29, 0.717) is 0 Å². The van der Waals surface area contributed by atoms with Crippen molar-refractivity contribution in [3.63, 3.8) is 0 Å². The van der Waals surface area contributed by atoms with Crippen LogP contribution in [-0.2, 0) is 5.66 Å². The Bertz CT molecular complexity index is 740. The Labute approximate surface area is 138 Å². The van der Waals surface area contributed by atoms with Gasteiger partial charge in [-0.3, -0.25) is 4.98 Å². The van der Waals surface area contributed by atoms with Gasteiger partial charge in [0.1, 0.15) is 5.84 Å². The Morgan fingerprint density at radius 3 is 2.82 bits per heavy atom. The lowest BCUT2D eigenvalue weighted by molar-refractivity contribution is 0.295. The maximum atomic E-state index is 5.06. The molecule has 3 heterocycles. The lowest BCUT2D eigenvalue weighted by Crippen LogP contribution is -2.47. The normalized spacial score (nSPS) is 23.2.